The summed E-state index contributed by atoms with van der Waals surface area (Å²) >= 11 is 2.98. The number of unbranched alkanes of at least 4 members (excludes halogenated alkanes) is 1. The number of amides is 1. The van der Waals surface area contributed by atoms with E-state index in [4.69, 9.17) is 9.73 Å². The Morgan fingerprint density at radius 1 is 1.18 bits per heavy atom. The average molecular weight is 494 g/mol. The van der Waals surface area contributed by atoms with Gasteiger partial charge in [0.2, 0.25) is 0 Å². The van der Waals surface area contributed by atoms with Crippen LogP contribution in [0.5, 0.6) is 5.75 Å². The molecule has 176 valence electrons. The van der Waals surface area contributed by atoms with Gasteiger partial charge in [0.15, 0.2) is 5.17 Å². The minimum atomic E-state index is -0.0345. The molecule has 1 N–H and O–H groups in total. The fourth-order valence-corrected chi connectivity index (χ4v) is 6.06. The third-order valence-electron chi connectivity index (χ3n) is 5.54. The largest absolute Gasteiger partial charge is 0.497 e. The van der Waals surface area contributed by atoms with Crippen molar-refractivity contribution in [1.29, 1.82) is 5.26 Å². The van der Waals surface area contributed by atoms with Crippen LogP contribution >= 0.6 is 23.5 Å². The number of thioether (sulfide) groups is 2. The second kappa shape index (κ2) is 10.5. The molecule has 0 unspecified atom stereocenters. The predicted octanol–water partition coefficient (Wildman–Crippen LogP) is 5.77. The summed E-state index contributed by atoms with van der Waals surface area (Å²) in [4.78, 5) is 24.0. The summed E-state index contributed by atoms with van der Waals surface area (Å²) in [6.45, 7) is 5.45. The number of nitriles is 1. The van der Waals surface area contributed by atoms with Gasteiger partial charge in [0.1, 0.15) is 10.7 Å². The van der Waals surface area contributed by atoms with E-state index in [0.29, 0.717) is 27.9 Å². The summed E-state index contributed by atoms with van der Waals surface area (Å²) in [5.41, 5.74) is 3.04. The molecule has 0 aliphatic carbocycles. The van der Waals surface area contributed by atoms with Gasteiger partial charge in [-0.3, -0.25) is 9.69 Å². The maximum absolute atomic E-state index is 13.6. The van der Waals surface area contributed by atoms with Crippen LogP contribution in [0.1, 0.15) is 32.3 Å². The van der Waals surface area contributed by atoms with E-state index in [1.165, 1.54) is 11.8 Å². The first-order valence-electron chi connectivity index (χ1n) is 11.2. The van der Waals surface area contributed by atoms with Gasteiger partial charge in [-0.25, -0.2) is 4.99 Å². The van der Waals surface area contributed by atoms with Crippen LogP contribution in [0.3, 0.4) is 0 Å². The second-order valence-electron chi connectivity index (χ2n) is 7.81. The fourth-order valence-electron chi connectivity index (χ4n) is 3.72. The number of nitrogens with one attached hydrogen (secondary N) is 1. The molecule has 0 atom stereocenters. The number of hydrogen-bond acceptors (Lipinski definition) is 8. The molecule has 2 aromatic rings. The lowest BCUT2D eigenvalue weighted by atomic mass is 10.2. The minimum Gasteiger partial charge on any atom is -0.497 e. The maximum atomic E-state index is 13.6. The van der Waals surface area contributed by atoms with Gasteiger partial charge in [0, 0.05) is 31.1 Å². The first-order valence-corrected chi connectivity index (χ1v) is 12.8. The molecular formula is C25H27N5O2S2. The molecule has 0 saturated carbocycles. The normalized spacial score (nSPS) is 18.4. The molecule has 1 fully saturated rings. The van der Waals surface area contributed by atoms with Crippen molar-refractivity contribution >= 4 is 51.7 Å². The van der Waals surface area contributed by atoms with E-state index in [9.17, 15) is 10.1 Å². The monoisotopic (exact) mass is 493 g/mol. The highest BCUT2D eigenvalue weighted by Gasteiger charge is 2.39. The van der Waals surface area contributed by atoms with Gasteiger partial charge >= 0.3 is 0 Å². The van der Waals surface area contributed by atoms with Crippen LogP contribution < -0.4 is 15.0 Å². The molecule has 2 aliphatic heterocycles. The van der Waals surface area contributed by atoms with Gasteiger partial charge < -0.3 is 15.0 Å². The van der Waals surface area contributed by atoms with Crippen LogP contribution in [-0.2, 0) is 4.79 Å². The molecule has 0 radical (unpaired) electrons. The Balaban J connectivity index is 1.76. The first kappa shape index (κ1) is 24.0. The summed E-state index contributed by atoms with van der Waals surface area (Å²) in [6.07, 6.45) is 1.85. The number of benzene rings is 2. The van der Waals surface area contributed by atoms with Crippen molar-refractivity contribution in [2.45, 2.75) is 31.6 Å². The zero-order chi connectivity index (χ0) is 24.2. The predicted molar refractivity (Wildman–Crippen MR) is 141 cm³/mol. The lowest BCUT2D eigenvalue weighted by molar-refractivity contribution is -0.122. The molecule has 9 heteroatoms. The number of methoxy groups -OCH3 is 1. The van der Waals surface area contributed by atoms with Crippen LogP contribution in [0.4, 0.5) is 17.1 Å². The molecule has 1 amide bonds. The minimum absolute atomic E-state index is 0.0345. The number of hydrogen-bond donors (Lipinski definition) is 1. The molecule has 34 heavy (non-hydrogen) atoms. The highest BCUT2D eigenvalue weighted by molar-refractivity contribution is 8.19. The van der Waals surface area contributed by atoms with E-state index in [1.54, 1.807) is 35.9 Å². The highest BCUT2D eigenvalue weighted by Crippen LogP contribution is 2.51. The number of carbonyl (C=O) groups excluding carboxylic acids is 1. The molecule has 0 bridgehead atoms. The highest BCUT2D eigenvalue weighted by atomic mass is 32.2. The fraction of sp³-hybridized carbons (Fsp3) is 0.320. The molecule has 2 aromatic carbocycles. The van der Waals surface area contributed by atoms with E-state index in [2.05, 4.69) is 18.3 Å². The number of nitrogens with zero attached hydrogens (tertiary/aromatic N) is 4. The van der Waals surface area contributed by atoms with Gasteiger partial charge in [-0.05, 0) is 55.4 Å². The molecule has 4 rings (SSSR count). The molecule has 2 heterocycles. The molecule has 1 saturated heterocycles. The number of amidine groups is 1. The molecule has 2 aliphatic rings. The summed E-state index contributed by atoms with van der Waals surface area (Å²) in [5, 5.41) is 14.2. The molecule has 0 aromatic heterocycles. The SMILES string of the molecule is CCCCN1C(=O)/C(=C2/Sc3ccc(OC)cc3N2C)SC1=Nc1cc(C#N)ccc1NCC. The third kappa shape index (κ3) is 4.61. The van der Waals surface area contributed by atoms with Crippen molar-refractivity contribution < 1.29 is 9.53 Å². The number of ether oxygens (including phenoxy) is 1. The number of aliphatic imine (C=N–C) groups is 1. The Kier molecular flexibility index (Phi) is 7.39. The van der Waals surface area contributed by atoms with Gasteiger partial charge in [-0.15, -0.1) is 0 Å². The first-order chi connectivity index (χ1) is 16.5. The van der Waals surface area contributed by atoms with Crippen molar-refractivity contribution in [2.75, 3.05) is 37.5 Å². The van der Waals surface area contributed by atoms with Gasteiger partial charge in [-0.1, -0.05) is 25.1 Å². The Labute approximate surface area is 208 Å². The van der Waals surface area contributed by atoms with Gasteiger partial charge in [-0.2, -0.15) is 5.26 Å². The standard InChI is InChI=1S/C25H27N5O2S2/c1-5-7-12-30-23(31)22(24-29(3)20-14-17(32-4)9-11-21(20)33-24)34-25(30)28-19-13-16(15-26)8-10-18(19)27-6-2/h8-11,13-14,27H,5-7,12H2,1-4H3/b24-22-,28-25?. The Morgan fingerprint density at radius 2 is 2.00 bits per heavy atom. The molecule has 0 spiro atoms. The quantitative estimate of drug-likeness (QED) is 0.490. The van der Waals surface area contributed by atoms with E-state index < -0.39 is 0 Å². The van der Waals surface area contributed by atoms with Crippen LogP contribution in [0.2, 0.25) is 0 Å². The van der Waals surface area contributed by atoms with E-state index in [-0.39, 0.29) is 5.91 Å². The van der Waals surface area contributed by atoms with E-state index in [0.717, 1.165) is 46.4 Å². The summed E-state index contributed by atoms with van der Waals surface area (Å²) < 4.78 is 5.38. The van der Waals surface area contributed by atoms with E-state index >= 15 is 0 Å². The zero-order valence-electron chi connectivity index (χ0n) is 19.7. The number of fused-ring (bicyclic) bond motifs is 1. The third-order valence-corrected chi connectivity index (χ3v) is 7.97. The Hall–Kier alpha value is -3.09. The summed E-state index contributed by atoms with van der Waals surface area (Å²) in [6, 6.07) is 13.5. The topological polar surface area (TPSA) is 81.0 Å². The van der Waals surface area contributed by atoms with Crippen LogP contribution in [0, 0.1) is 11.3 Å². The maximum Gasteiger partial charge on any atom is 0.269 e. The van der Waals surface area contributed by atoms with Gasteiger partial charge in [0.05, 0.1) is 40.8 Å². The average Bonchev–Trinajstić information content (AvgIpc) is 3.34. The number of carbonyl (C=O) groups is 1. The zero-order valence-corrected chi connectivity index (χ0v) is 21.3. The van der Waals surface area contributed by atoms with Crippen molar-refractivity contribution in [2.24, 2.45) is 4.99 Å². The van der Waals surface area contributed by atoms with Crippen LogP contribution in [0.15, 0.2) is 56.2 Å². The van der Waals surface area contributed by atoms with Crippen molar-refractivity contribution in [3.05, 3.63) is 51.9 Å². The van der Waals surface area contributed by atoms with Crippen molar-refractivity contribution in [1.82, 2.24) is 4.90 Å². The van der Waals surface area contributed by atoms with Crippen molar-refractivity contribution in [3.8, 4) is 11.8 Å². The van der Waals surface area contributed by atoms with Crippen molar-refractivity contribution in [3.63, 3.8) is 0 Å². The van der Waals surface area contributed by atoms with E-state index in [1.807, 2.05) is 43.1 Å². The summed E-state index contributed by atoms with van der Waals surface area (Å²) in [5.74, 6) is 0.746. The lowest BCUT2D eigenvalue weighted by Gasteiger charge is -2.17. The Morgan fingerprint density at radius 3 is 2.71 bits per heavy atom. The Bertz CT molecular complexity index is 1220. The van der Waals surface area contributed by atoms with Crippen LogP contribution in [-0.4, -0.2) is 43.2 Å². The van der Waals surface area contributed by atoms with Crippen LogP contribution in [0.25, 0.3) is 0 Å². The number of anilines is 2. The summed E-state index contributed by atoms with van der Waals surface area (Å²) in [7, 11) is 3.62. The lowest BCUT2D eigenvalue weighted by Crippen LogP contribution is -2.30. The molecular weight excluding hydrogens is 466 g/mol. The number of rotatable bonds is 7. The van der Waals surface area contributed by atoms with Gasteiger partial charge in [0.25, 0.3) is 5.91 Å². The second-order valence-corrected chi connectivity index (χ2v) is 9.82. The molecule has 7 nitrogen and oxygen atoms in total. The smallest absolute Gasteiger partial charge is 0.269 e.